The van der Waals surface area contributed by atoms with Gasteiger partial charge in [-0.2, -0.15) is 15.4 Å². The van der Waals surface area contributed by atoms with E-state index in [9.17, 15) is 19.2 Å². The molecule has 0 aliphatic carbocycles. The molecule has 41 heavy (non-hydrogen) atoms. The molecule has 3 aromatic rings. The number of carbonyl (C=O) groups is 4. The summed E-state index contributed by atoms with van der Waals surface area (Å²) in [5, 5.41) is 18.7. The molecule has 0 spiro atoms. The average Bonchev–Trinajstić information content (AvgIpc) is 3.61. The molecule has 2 aliphatic heterocycles. The van der Waals surface area contributed by atoms with Gasteiger partial charge in [0.05, 0.1) is 25.5 Å². The summed E-state index contributed by atoms with van der Waals surface area (Å²) in [7, 11) is 1.51. The molecule has 0 unspecified atom stereocenters. The van der Waals surface area contributed by atoms with Gasteiger partial charge in [0, 0.05) is 12.0 Å². The van der Waals surface area contributed by atoms with Crippen LogP contribution in [0.15, 0.2) is 48.7 Å². The Balaban J connectivity index is 1.33. The van der Waals surface area contributed by atoms with E-state index < -0.39 is 29.9 Å². The number of carbonyl (C=O) groups excluding carboxylic acids is 4. The lowest BCUT2D eigenvalue weighted by molar-refractivity contribution is -0.130. The fourth-order valence-corrected chi connectivity index (χ4v) is 5.37. The number of aromatic nitrogens is 3. The summed E-state index contributed by atoms with van der Waals surface area (Å²) in [6.45, 7) is 3.81. The normalized spacial score (nSPS) is 18.3. The molecular formula is C29H33N7O5. The molecule has 0 radical (unpaired) electrons. The summed E-state index contributed by atoms with van der Waals surface area (Å²) in [6, 6.07) is 9.92. The number of nitrogens with one attached hydrogen (secondary N) is 4. The van der Waals surface area contributed by atoms with E-state index in [0.717, 1.165) is 16.8 Å². The molecular weight excluding hydrogens is 526 g/mol. The number of para-hydroxylation sites is 1. The number of H-pyrrole nitrogens is 1. The first-order valence-electron chi connectivity index (χ1n) is 13.6. The molecule has 12 heteroatoms. The fourth-order valence-electron chi connectivity index (χ4n) is 5.37. The lowest BCUT2D eigenvalue weighted by Gasteiger charge is -2.29. The van der Waals surface area contributed by atoms with E-state index in [1.807, 2.05) is 32.0 Å². The molecule has 0 fully saturated rings. The third-order valence-corrected chi connectivity index (χ3v) is 7.50. The molecule has 5 rings (SSSR count). The van der Waals surface area contributed by atoms with E-state index in [1.165, 1.54) is 18.2 Å². The van der Waals surface area contributed by atoms with E-state index in [0.29, 0.717) is 36.3 Å². The van der Waals surface area contributed by atoms with Gasteiger partial charge in [-0.1, -0.05) is 38.1 Å². The van der Waals surface area contributed by atoms with Crippen LogP contribution in [0, 0.1) is 5.92 Å². The monoisotopic (exact) mass is 559 g/mol. The standard InChI is InChI=1S/C29H33N7O5/c1-16(2)24(33-26(37)19-8-5-9-21(12-19)41-3)28(39)32-22-11-10-17-6-4-7-18-13-23(36(25(17)18)29(22)40)27(38)30-14-20-15-31-35-34-20/h4-9,12,15-16,22-24H,10-11,13-14H2,1-3H3,(H,30,38)(H,32,39)(H,33,37)(H,31,34,35)/t22-,23-,24-/m0/s1. The van der Waals surface area contributed by atoms with Crippen LogP contribution in [0.4, 0.5) is 5.69 Å². The average molecular weight is 560 g/mol. The molecule has 2 aliphatic rings. The third-order valence-electron chi connectivity index (χ3n) is 7.50. The molecule has 3 atom stereocenters. The van der Waals surface area contributed by atoms with Gasteiger partial charge >= 0.3 is 0 Å². The van der Waals surface area contributed by atoms with E-state index in [-0.39, 0.29) is 24.3 Å². The lowest BCUT2D eigenvalue weighted by atomic mass is 9.99. The summed E-state index contributed by atoms with van der Waals surface area (Å²) in [5.41, 5.74) is 3.52. The van der Waals surface area contributed by atoms with Crippen LogP contribution in [-0.2, 0) is 33.8 Å². The minimum atomic E-state index is -0.886. The minimum absolute atomic E-state index is 0.167. The van der Waals surface area contributed by atoms with Crippen LogP contribution >= 0.6 is 0 Å². The van der Waals surface area contributed by atoms with Gasteiger partial charge in [-0.15, -0.1) is 0 Å². The Morgan fingerprint density at radius 2 is 1.93 bits per heavy atom. The number of ether oxygens (including phenoxy) is 1. The number of aryl methyl sites for hydroxylation is 1. The van der Waals surface area contributed by atoms with Crippen molar-refractivity contribution in [2.45, 2.75) is 57.8 Å². The first-order valence-corrected chi connectivity index (χ1v) is 13.6. The van der Waals surface area contributed by atoms with Crippen molar-refractivity contribution in [2.24, 2.45) is 5.92 Å². The molecule has 2 aromatic carbocycles. The summed E-state index contributed by atoms with van der Waals surface area (Å²) in [5.74, 6) is -1.30. The maximum absolute atomic E-state index is 14.0. The van der Waals surface area contributed by atoms with Crippen LogP contribution in [0.25, 0.3) is 0 Å². The van der Waals surface area contributed by atoms with Crippen molar-refractivity contribution in [3.05, 3.63) is 71.0 Å². The van der Waals surface area contributed by atoms with Crippen LogP contribution < -0.4 is 25.6 Å². The highest BCUT2D eigenvalue weighted by Crippen LogP contribution is 2.39. The number of hydrogen-bond donors (Lipinski definition) is 4. The number of aromatic amines is 1. The van der Waals surface area contributed by atoms with Gasteiger partial charge in [0.2, 0.25) is 17.7 Å². The Bertz CT molecular complexity index is 1460. The Kier molecular flexibility index (Phi) is 7.99. The number of benzene rings is 2. The van der Waals surface area contributed by atoms with Crippen LogP contribution in [-0.4, -0.2) is 64.3 Å². The van der Waals surface area contributed by atoms with Crippen molar-refractivity contribution in [1.82, 2.24) is 31.4 Å². The molecule has 4 amide bonds. The topological polar surface area (TPSA) is 158 Å². The van der Waals surface area contributed by atoms with E-state index >= 15 is 0 Å². The Morgan fingerprint density at radius 3 is 2.66 bits per heavy atom. The maximum Gasteiger partial charge on any atom is 0.252 e. The summed E-state index contributed by atoms with van der Waals surface area (Å²) in [4.78, 5) is 55.3. The van der Waals surface area contributed by atoms with Crippen molar-refractivity contribution in [3.8, 4) is 5.75 Å². The predicted octanol–water partition coefficient (Wildman–Crippen LogP) is 1.27. The SMILES string of the molecule is COc1cccc(C(=O)N[C@H](C(=O)N[C@H]2CCc3cccc4c3N(C2=O)[C@H](C(=O)NCc2cn[nH]n2)C4)C(C)C)c1. The zero-order chi connectivity index (χ0) is 29.1. The second kappa shape index (κ2) is 11.8. The van der Waals surface area contributed by atoms with Crippen LogP contribution in [0.5, 0.6) is 5.75 Å². The van der Waals surface area contributed by atoms with Crippen molar-refractivity contribution in [3.63, 3.8) is 0 Å². The number of amides is 4. The van der Waals surface area contributed by atoms with Gasteiger partial charge in [0.1, 0.15) is 29.6 Å². The van der Waals surface area contributed by atoms with Gasteiger partial charge in [-0.25, -0.2) is 0 Å². The fraction of sp³-hybridized carbons (Fsp3) is 0.379. The summed E-state index contributed by atoms with van der Waals surface area (Å²) < 4.78 is 5.20. The Morgan fingerprint density at radius 1 is 1.15 bits per heavy atom. The van der Waals surface area contributed by atoms with E-state index in [2.05, 4.69) is 31.4 Å². The zero-order valence-electron chi connectivity index (χ0n) is 23.1. The highest BCUT2D eigenvalue weighted by atomic mass is 16.5. The lowest BCUT2D eigenvalue weighted by Crippen LogP contribution is -2.58. The molecule has 3 heterocycles. The summed E-state index contributed by atoms with van der Waals surface area (Å²) in [6.07, 6.45) is 2.79. The number of anilines is 1. The Hall–Kier alpha value is -4.74. The highest BCUT2D eigenvalue weighted by molar-refractivity contribution is 6.08. The van der Waals surface area contributed by atoms with E-state index in [4.69, 9.17) is 4.74 Å². The molecule has 0 bridgehead atoms. The van der Waals surface area contributed by atoms with Gasteiger partial charge in [0.15, 0.2) is 0 Å². The van der Waals surface area contributed by atoms with Gasteiger partial charge in [-0.05, 0) is 48.1 Å². The van der Waals surface area contributed by atoms with Crippen LogP contribution in [0.3, 0.4) is 0 Å². The first kappa shape index (κ1) is 27.8. The van der Waals surface area contributed by atoms with Gasteiger partial charge in [-0.3, -0.25) is 24.1 Å². The molecule has 1 aromatic heterocycles. The van der Waals surface area contributed by atoms with Crippen molar-refractivity contribution < 1.29 is 23.9 Å². The zero-order valence-corrected chi connectivity index (χ0v) is 23.1. The van der Waals surface area contributed by atoms with Crippen LogP contribution in [0.1, 0.15) is 47.4 Å². The molecule has 0 saturated heterocycles. The quantitative estimate of drug-likeness (QED) is 0.307. The molecule has 4 N–H and O–H groups in total. The van der Waals surface area contributed by atoms with Crippen molar-refractivity contribution >= 4 is 29.3 Å². The van der Waals surface area contributed by atoms with Crippen molar-refractivity contribution in [2.75, 3.05) is 12.0 Å². The number of nitrogens with zero attached hydrogens (tertiary/aromatic N) is 3. The minimum Gasteiger partial charge on any atom is -0.497 e. The number of methoxy groups -OCH3 is 1. The van der Waals surface area contributed by atoms with Gasteiger partial charge in [0.25, 0.3) is 5.91 Å². The largest absolute Gasteiger partial charge is 0.497 e. The predicted molar refractivity (Wildman–Crippen MR) is 149 cm³/mol. The smallest absolute Gasteiger partial charge is 0.252 e. The van der Waals surface area contributed by atoms with Gasteiger partial charge < -0.3 is 20.7 Å². The first-order chi connectivity index (χ1) is 19.8. The molecule has 12 nitrogen and oxygen atoms in total. The van der Waals surface area contributed by atoms with E-state index in [1.54, 1.807) is 24.3 Å². The highest BCUT2D eigenvalue weighted by Gasteiger charge is 2.44. The molecule has 214 valence electrons. The van der Waals surface area contributed by atoms with Crippen LogP contribution in [0.2, 0.25) is 0 Å². The molecule has 0 saturated carbocycles. The number of hydrogen-bond acceptors (Lipinski definition) is 7. The maximum atomic E-state index is 14.0. The number of rotatable bonds is 9. The third kappa shape index (κ3) is 5.76. The Labute approximate surface area is 237 Å². The second-order valence-corrected chi connectivity index (χ2v) is 10.6. The summed E-state index contributed by atoms with van der Waals surface area (Å²) >= 11 is 0. The second-order valence-electron chi connectivity index (χ2n) is 10.6. The van der Waals surface area contributed by atoms with Crippen molar-refractivity contribution in [1.29, 1.82) is 0 Å².